The van der Waals surface area contributed by atoms with E-state index >= 15 is 0 Å². The Morgan fingerprint density at radius 3 is 2.46 bits per heavy atom. The van der Waals surface area contributed by atoms with Crippen LogP contribution in [-0.4, -0.2) is 38.8 Å². The van der Waals surface area contributed by atoms with E-state index in [1.165, 1.54) is 24.3 Å². The minimum atomic E-state index is -4.63. The van der Waals surface area contributed by atoms with Gasteiger partial charge in [0.25, 0.3) is 5.91 Å². The predicted octanol–water partition coefficient (Wildman–Crippen LogP) is 6.68. The normalized spacial score (nSPS) is 16.8. The number of alkyl halides is 6. The summed E-state index contributed by atoms with van der Waals surface area (Å²) in [6, 6.07) is 14.3. The van der Waals surface area contributed by atoms with Crippen molar-refractivity contribution in [1.29, 1.82) is 0 Å². The highest BCUT2D eigenvalue weighted by Crippen LogP contribution is 2.33. The van der Waals surface area contributed by atoms with Crippen LogP contribution in [0.3, 0.4) is 0 Å². The summed E-state index contributed by atoms with van der Waals surface area (Å²) in [6.45, 7) is 0.796. The fourth-order valence-electron chi connectivity index (χ4n) is 4.56. The van der Waals surface area contributed by atoms with Gasteiger partial charge in [0.05, 0.1) is 22.3 Å². The van der Waals surface area contributed by atoms with E-state index in [1.54, 1.807) is 29.2 Å². The molecule has 1 aliphatic rings. The first kappa shape index (κ1) is 24.8. The second-order valence-electron chi connectivity index (χ2n) is 8.93. The fourth-order valence-corrected chi connectivity index (χ4v) is 4.56. The van der Waals surface area contributed by atoms with Crippen LogP contribution in [0.5, 0.6) is 0 Å². The van der Waals surface area contributed by atoms with E-state index in [-0.39, 0.29) is 28.4 Å². The van der Waals surface area contributed by atoms with Crippen molar-refractivity contribution in [1.82, 2.24) is 19.9 Å². The number of pyridine rings is 1. The summed E-state index contributed by atoms with van der Waals surface area (Å²) in [6.07, 6.45) is -7.68. The number of nitrogens with one attached hydrogen (secondary N) is 1. The lowest BCUT2D eigenvalue weighted by Gasteiger charge is -2.32. The number of amides is 1. The Labute approximate surface area is 207 Å². The van der Waals surface area contributed by atoms with E-state index in [0.717, 1.165) is 18.6 Å². The molecule has 2 aromatic carbocycles. The molecule has 0 bridgehead atoms. The van der Waals surface area contributed by atoms with Crippen molar-refractivity contribution in [2.24, 2.45) is 0 Å². The highest BCUT2D eigenvalue weighted by atomic mass is 19.4. The van der Waals surface area contributed by atoms with Crippen molar-refractivity contribution in [3.8, 4) is 11.3 Å². The first-order chi connectivity index (χ1) is 17.5. The Balaban J connectivity index is 1.36. The van der Waals surface area contributed by atoms with Crippen molar-refractivity contribution in [2.75, 3.05) is 13.1 Å². The van der Waals surface area contributed by atoms with Crippen LogP contribution in [0.25, 0.3) is 22.3 Å². The van der Waals surface area contributed by atoms with Crippen molar-refractivity contribution in [3.63, 3.8) is 0 Å². The fraction of sp³-hybridized carbons (Fsp3) is 0.269. The number of piperidine rings is 1. The van der Waals surface area contributed by atoms with Gasteiger partial charge >= 0.3 is 12.4 Å². The molecule has 1 unspecified atom stereocenters. The number of imidazole rings is 1. The maximum absolute atomic E-state index is 13.2. The Bertz CT molecular complexity index is 1460. The molecule has 37 heavy (non-hydrogen) atoms. The molecule has 1 atom stereocenters. The third-order valence-electron chi connectivity index (χ3n) is 6.38. The average molecular weight is 518 g/mol. The number of hydrogen-bond donors (Lipinski definition) is 1. The number of carbonyl (C=O) groups is 1. The molecule has 1 fully saturated rings. The molecule has 192 valence electrons. The third kappa shape index (κ3) is 5.16. The van der Waals surface area contributed by atoms with Crippen molar-refractivity contribution in [2.45, 2.75) is 31.1 Å². The van der Waals surface area contributed by atoms with E-state index in [0.29, 0.717) is 36.5 Å². The summed E-state index contributed by atoms with van der Waals surface area (Å²) in [4.78, 5) is 25.1. The Morgan fingerprint density at radius 1 is 0.919 bits per heavy atom. The van der Waals surface area contributed by atoms with Crippen molar-refractivity contribution < 1.29 is 31.1 Å². The van der Waals surface area contributed by atoms with Crippen molar-refractivity contribution >= 4 is 16.9 Å². The van der Waals surface area contributed by atoms with Crippen LogP contribution in [0, 0.1) is 0 Å². The first-order valence-electron chi connectivity index (χ1n) is 11.5. The summed E-state index contributed by atoms with van der Waals surface area (Å²) < 4.78 is 78.3. The second kappa shape index (κ2) is 9.20. The Hall–Kier alpha value is -3.89. The topological polar surface area (TPSA) is 61.9 Å². The minimum Gasteiger partial charge on any atom is -0.338 e. The summed E-state index contributed by atoms with van der Waals surface area (Å²) in [5.74, 6) is -1.60. The number of nitrogens with zero attached hydrogens (tertiary/aromatic N) is 3. The van der Waals surface area contributed by atoms with Gasteiger partial charge in [-0.3, -0.25) is 9.78 Å². The number of halogens is 6. The number of fused-ring (bicyclic) bond motifs is 1. The monoisotopic (exact) mass is 518 g/mol. The number of aromatic amines is 1. The number of aromatic nitrogens is 3. The molecule has 5 rings (SSSR count). The van der Waals surface area contributed by atoms with Gasteiger partial charge in [-0.15, -0.1) is 0 Å². The Morgan fingerprint density at radius 2 is 1.70 bits per heavy atom. The lowest BCUT2D eigenvalue weighted by molar-refractivity contribution is -0.144. The number of H-pyrrole nitrogens is 1. The highest BCUT2D eigenvalue weighted by Gasteiger charge is 2.35. The number of carbonyl (C=O) groups excluding carboxylic acids is 1. The third-order valence-corrected chi connectivity index (χ3v) is 6.38. The molecule has 1 amide bonds. The van der Waals surface area contributed by atoms with E-state index in [4.69, 9.17) is 0 Å². The molecule has 3 heterocycles. The Kier molecular flexibility index (Phi) is 6.17. The molecule has 11 heteroatoms. The summed E-state index contributed by atoms with van der Waals surface area (Å²) in [7, 11) is 0. The van der Waals surface area contributed by atoms with Crippen LogP contribution in [0.4, 0.5) is 26.3 Å². The van der Waals surface area contributed by atoms with E-state index in [2.05, 4.69) is 15.0 Å². The molecule has 1 N–H and O–H groups in total. The molecule has 5 nitrogen and oxygen atoms in total. The van der Waals surface area contributed by atoms with Crippen LogP contribution in [0.15, 0.2) is 60.7 Å². The largest absolute Gasteiger partial charge is 0.449 e. The van der Waals surface area contributed by atoms with Gasteiger partial charge in [-0.05, 0) is 55.3 Å². The zero-order valence-electron chi connectivity index (χ0n) is 19.2. The molecular weight excluding hydrogens is 498 g/mol. The summed E-state index contributed by atoms with van der Waals surface area (Å²) >= 11 is 0. The number of benzene rings is 2. The van der Waals surface area contributed by atoms with Gasteiger partial charge in [0.15, 0.2) is 0 Å². The quantitative estimate of drug-likeness (QED) is 0.308. The second-order valence-corrected chi connectivity index (χ2v) is 8.93. The van der Waals surface area contributed by atoms with Gasteiger partial charge in [-0.2, -0.15) is 26.3 Å². The van der Waals surface area contributed by atoms with Crippen LogP contribution < -0.4 is 0 Å². The van der Waals surface area contributed by atoms with Gasteiger partial charge in [0, 0.05) is 35.8 Å². The SMILES string of the molecule is O=C(c1ccc2nc(C(F)(F)F)[nH]c2c1)N1CCCC(c2cccc(-c3cccc(C(F)(F)F)c3)n2)C1. The predicted molar refractivity (Wildman–Crippen MR) is 124 cm³/mol. The van der Waals surface area contributed by atoms with Gasteiger partial charge in [-0.25, -0.2) is 4.98 Å². The van der Waals surface area contributed by atoms with E-state index in [9.17, 15) is 31.1 Å². The van der Waals surface area contributed by atoms with E-state index in [1.807, 2.05) is 0 Å². The maximum atomic E-state index is 13.2. The van der Waals surface area contributed by atoms with Crippen LogP contribution >= 0.6 is 0 Å². The maximum Gasteiger partial charge on any atom is 0.449 e. The van der Waals surface area contributed by atoms with Gasteiger partial charge in [0.1, 0.15) is 0 Å². The standard InChI is InChI=1S/C26H20F6N4O/c27-25(28,29)18-6-1-4-15(12-18)19-7-2-8-20(33-19)17-5-3-11-36(14-17)23(37)16-9-10-21-22(13-16)35-24(34-21)26(30,31)32/h1-2,4,6-10,12-13,17H,3,5,11,14H2,(H,34,35). The van der Waals surface area contributed by atoms with Crippen LogP contribution in [-0.2, 0) is 12.4 Å². The van der Waals surface area contributed by atoms with Crippen molar-refractivity contribution in [3.05, 3.63) is 83.3 Å². The summed E-state index contributed by atoms with van der Waals surface area (Å²) in [5, 5.41) is 0. The average Bonchev–Trinajstić information content (AvgIpc) is 3.32. The molecule has 4 aromatic rings. The van der Waals surface area contributed by atoms with E-state index < -0.39 is 23.7 Å². The number of likely N-dealkylation sites (tertiary alicyclic amines) is 1. The molecule has 0 radical (unpaired) electrons. The zero-order chi connectivity index (χ0) is 26.4. The highest BCUT2D eigenvalue weighted by molar-refractivity contribution is 5.97. The molecule has 2 aromatic heterocycles. The lowest BCUT2D eigenvalue weighted by Crippen LogP contribution is -2.39. The molecule has 1 aliphatic heterocycles. The molecule has 0 saturated carbocycles. The molecule has 0 aliphatic carbocycles. The van der Waals surface area contributed by atoms with Gasteiger partial charge < -0.3 is 9.88 Å². The van der Waals surface area contributed by atoms with Crippen LogP contribution in [0.1, 0.15) is 46.2 Å². The molecule has 0 spiro atoms. The first-order valence-corrected chi connectivity index (χ1v) is 11.5. The van der Waals surface area contributed by atoms with Gasteiger partial charge in [0.2, 0.25) is 5.82 Å². The number of rotatable bonds is 3. The van der Waals surface area contributed by atoms with Gasteiger partial charge in [-0.1, -0.05) is 18.2 Å². The number of hydrogen-bond acceptors (Lipinski definition) is 3. The lowest BCUT2D eigenvalue weighted by atomic mass is 9.93. The van der Waals surface area contributed by atoms with Crippen LogP contribution in [0.2, 0.25) is 0 Å². The molecular formula is C26H20F6N4O. The smallest absolute Gasteiger partial charge is 0.338 e. The molecule has 1 saturated heterocycles. The zero-order valence-corrected chi connectivity index (χ0v) is 19.2. The minimum absolute atomic E-state index is 0.107. The summed E-state index contributed by atoms with van der Waals surface area (Å²) in [5.41, 5.74) is 1.09.